The van der Waals surface area contributed by atoms with Crippen molar-refractivity contribution in [1.82, 2.24) is 5.32 Å². The Morgan fingerprint density at radius 2 is 1.73 bits per heavy atom. The fourth-order valence-electron chi connectivity index (χ4n) is 3.23. The van der Waals surface area contributed by atoms with Crippen LogP contribution >= 0.6 is 0 Å². The minimum atomic E-state index is -0.781. The van der Waals surface area contributed by atoms with Crippen molar-refractivity contribution in [2.24, 2.45) is 0 Å². The zero-order chi connectivity index (χ0) is 21.8. The number of benzene rings is 2. The first-order valence-electron chi connectivity index (χ1n) is 9.56. The van der Waals surface area contributed by atoms with E-state index in [2.05, 4.69) is 5.32 Å². The van der Waals surface area contributed by atoms with Crippen LogP contribution in [0.2, 0.25) is 0 Å². The van der Waals surface area contributed by atoms with E-state index in [-0.39, 0.29) is 28.4 Å². The molecule has 0 saturated carbocycles. The van der Waals surface area contributed by atoms with Crippen molar-refractivity contribution in [2.75, 3.05) is 11.5 Å². The molecular formula is C22H21FN2O5. The van der Waals surface area contributed by atoms with E-state index in [1.54, 1.807) is 0 Å². The van der Waals surface area contributed by atoms with E-state index in [0.29, 0.717) is 0 Å². The maximum absolute atomic E-state index is 13.1. The third-order valence-electron chi connectivity index (χ3n) is 4.67. The Morgan fingerprint density at radius 1 is 1.07 bits per heavy atom. The van der Waals surface area contributed by atoms with Gasteiger partial charge in [-0.2, -0.15) is 0 Å². The fourth-order valence-corrected chi connectivity index (χ4v) is 3.23. The van der Waals surface area contributed by atoms with E-state index >= 15 is 0 Å². The molecule has 156 valence electrons. The maximum Gasteiger partial charge on any atom is 0.338 e. The first kappa shape index (κ1) is 21.2. The second-order valence-corrected chi connectivity index (χ2v) is 7.02. The van der Waals surface area contributed by atoms with Crippen molar-refractivity contribution in [3.05, 3.63) is 65.0 Å². The van der Waals surface area contributed by atoms with Gasteiger partial charge in [0.2, 0.25) is 0 Å². The van der Waals surface area contributed by atoms with Crippen LogP contribution in [-0.2, 0) is 9.53 Å². The third kappa shape index (κ3) is 4.37. The van der Waals surface area contributed by atoms with Gasteiger partial charge in [0.15, 0.2) is 6.61 Å². The summed E-state index contributed by atoms with van der Waals surface area (Å²) in [6.45, 7) is 3.41. The number of nitrogens with zero attached hydrogens (tertiary/aromatic N) is 1. The van der Waals surface area contributed by atoms with Crippen LogP contribution in [0.5, 0.6) is 0 Å². The van der Waals surface area contributed by atoms with Crippen LogP contribution < -0.4 is 10.2 Å². The second kappa shape index (κ2) is 8.86. The molecule has 2 aromatic carbocycles. The van der Waals surface area contributed by atoms with Gasteiger partial charge in [0.05, 0.1) is 22.4 Å². The SMILES string of the molecule is CCC[C@H](C)NC(=O)COC(=O)c1ccc2c(c1)C(=O)N(c1ccc(F)cc1)C2=O. The van der Waals surface area contributed by atoms with Crippen molar-refractivity contribution in [3.8, 4) is 0 Å². The summed E-state index contributed by atoms with van der Waals surface area (Å²) in [6.07, 6.45) is 1.73. The summed E-state index contributed by atoms with van der Waals surface area (Å²) in [6, 6.07) is 8.90. The summed E-state index contributed by atoms with van der Waals surface area (Å²) in [7, 11) is 0. The summed E-state index contributed by atoms with van der Waals surface area (Å²) in [4.78, 5) is 50.4. The molecule has 1 atom stereocenters. The van der Waals surface area contributed by atoms with Crippen molar-refractivity contribution >= 4 is 29.4 Å². The van der Waals surface area contributed by atoms with Crippen molar-refractivity contribution in [1.29, 1.82) is 0 Å². The Bertz CT molecular complexity index is 1000. The molecule has 3 rings (SSSR count). The molecule has 30 heavy (non-hydrogen) atoms. The van der Waals surface area contributed by atoms with Gasteiger partial charge < -0.3 is 10.1 Å². The highest BCUT2D eigenvalue weighted by Crippen LogP contribution is 2.29. The summed E-state index contributed by atoms with van der Waals surface area (Å²) in [5.74, 6) is -2.88. The highest BCUT2D eigenvalue weighted by Gasteiger charge is 2.37. The van der Waals surface area contributed by atoms with Crippen molar-refractivity contribution in [3.63, 3.8) is 0 Å². The maximum atomic E-state index is 13.1. The van der Waals surface area contributed by atoms with Gasteiger partial charge in [-0.3, -0.25) is 14.4 Å². The molecule has 1 aliphatic rings. The average Bonchev–Trinajstić information content (AvgIpc) is 2.97. The molecule has 2 aromatic rings. The highest BCUT2D eigenvalue weighted by molar-refractivity contribution is 6.34. The number of imide groups is 1. The predicted molar refractivity (Wildman–Crippen MR) is 107 cm³/mol. The molecule has 0 unspecified atom stereocenters. The number of halogens is 1. The van der Waals surface area contributed by atoms with Crippen molar-refractivity contribution in [2.45, 2.75) is 32.7 Å². The van der Waals surface area contributed by atoms with Gasteiger partial charge >= 0.3 is 5.97 Å². The number of fused-ring (bicyclic) bond motifs is 1. The molecule has 0 fully saturated rings. The molecule has 0 aliphatic carbocycles. The number of rotatable bonds is 7. The van der Waals surface area contributed by atoms with Gasteiger partial charge in [-0.1, -0.05) is 13.3 Å². The molecule has 1 aliphatic heterocycles. The lowest BCUT2D eigenvalue weighted by molar-refractivity contribution is -0.124. The first-order chi connectivity index (χ1) is 14.3. The van der Waals surface area contributed by atoms with Crippen LogP contribution in [-0.4, -0.2) is 36.3 Å². The number of anilines is 1. The van der Waals surface area contributed by atoms with Crippen LogP contribution in [0.3, 0.4) is 0 Å². The molecule has 7 nitrogen and oxygen atoms in total. The Hall–Kier alpha value is -3.55. The highest BCUT2D eigenvalue weighted by atomic mass is 19.1. The average molecular weight is 412 g/mol. The second-order valence-electron chi connectivity index (χ2n) is 7.02. The van der Waals surface area contributed by atoms with Gasteiger partial charge in [0.25, 0.3) is 17.7 Å². The van der Waals surface area contributed by atoms with E-state index in [1.165, 1.54) is 30.3 Å². The minimum Gasteiger partial charge on any atom is -0.452 e. The van der Waals surface area contributed by atoms with Gasteiger partial charge in [-0.05, 0) is 55.8 Å². The topological polar surface area (TPSA) is 92.8 Å². The van der Waals surface area contributed by atoms with Crippen molar-refractivity contribution < 1.29 is 28.3 Å². The minimum absolute atomic E-state index is 0.0257. The van der Waals surface area contributed by atoms with E-state index in [9.17, 15) is 23.6 Å². The molecular weight excluding hydrogens is 391 g/mol. The van der Waals surface area contributed by atoms with Crippen LogP contribution in [0.15, 0.2) is 42.5 Å². The third-order valence-corrected chi connectivity index (χ3v) is 4.67. The van der Waals surface area contributed by atoms with E-state index < -0.39 is 36.1 Å². The smallest absolute Gasteiger partial charge is 0.338 e. The summed E-state index contributed by atoms with van der Waals surface area (Å²) >= 11 is 0. The normalized spacial score (nSPS) is 13.8. The summed E-state index contributed by atoms with van der Waals surface area (Å²) in [5, 5.41) is 2.72. The number of hydrogen-bond donors (Lipinski definition) is 1. The number of hydrogen-bond acceptors (Lipinski definition) is 5. The lowest BCUT2D eigenvalue weighted by Gasteiger charge is -2.13. The monoisotopic (exact) mass is 412 g/mol. The molecule has 1 N–H and O–H groups in total. The number of carbonyl (C=O) groups is 4. The first-order valence-corrected chi connectivity index (χ1v) is 9.56. The Balaban J connectivity index is 1.71. The molecule has 0 saturated heterocycles. The summed E-state index contributed by atoms with van der Waals surface area (Å²) in [5.41, 5.74) is 0.446. The zero-order valence-electron chi connectivity index (χ0n) is 16.6. The van der Waals surface area contributed by atoms with E-state index in [4.69, 9.17) is 4.74 Å². The molecule has 0 bridgehead atoms. The zero-order valence-corrected chi connectivity index (χ0v) is 16.6. The van der Waals surface area contributed by atoms with Gasteiger partial charge in [-0.15, -0.1) is 0 Å². The Morgan fingerprint density at radius 3 is 2.40 bits per heavy atom. The molecule has 1 heterocycles. The van der Waals surface area contributed by atoms with Gasteiger partial charge in [-0.25, -0.2) is 14.1 Å². The van der Waals surface area contributed by atoms with E-state index in [0.717, 1.165) is 29.9 Å². The fraction of sp³-hybridized carbons (Fsp3) is 0.273. The number of amides is 3. The number of carbonyl (C=O) groups excluding carboxylic acids is 4. The molecule has 3 amide bonds. The number of nitrogens with one attached hydrogen (secondary N) is 1. The molecule has 0 radical (unpaired) electrons. The molecule has 0 spiro atoms. The molecule has 8 heteroatoms. The van der Waals surface area contributed by atoms with Crippen LogP contribution in [0.1, 0.15) is 57.8 Å². The quantitative estimate of drug-likeness (QED) is 0.557. The van der Waals surface area contributed by atoms with Gasteiger partial charge in [0.1, 0.15) is 5.82 Å². The standard InChI is InChI=1S/C22H21FN2O5/c1-3-4-13(2)24-19(26)12-30-22(29)14-5-10-17-18(11-14)21(28)25(20(17)27)16-8-6-15(23)7-9-16/h5-11,13H,3-4,12H2,1-2H3,(H,24,26)/t13-/m0/s1. The van der Waals surface area contributed by atoms with Crippen LogP contribution in [0.4, 0.5) is 10.1 Å². The molecule has 0 aromatic heterocycles. The number of ether oxygens (including phenoxy) is 1. The van der Waals surface area contributed by atoms with Crippen LogP contribution in [0.25, 0.3) is 0 Å². The number of esters is 1. The van der Waals surface area contributed by atoms with Gasteiger partial charge in [0, 0.05) is 6.04 Å². The Kier molecular flexibility index (Phi) is 6.25. The largest absolute Gasteiger partial charge is 0.452 e. The lowest BCUT2D eigenvalue weighted by atomic mass is 10.1. The summed E-state index contributed by atoms with van der Waals surface area (Å²) < 4.78 is 18.2. The predicted octanol–water partition coefficient (Wildman–Crippen LogP) is 3.09. The Labute approximate surface area is 172 Å². The van der Waals surface area contributed by atoms with E-state index in [1.807, 2.05) is 13.8 Å². The van der Waals surface area contributed by atoms with Crippen LogP contribution in [0, 0.1) is 5.82 Å². The lowest BCUT2D eigenvalue weighted by Crippen LogP contribution is -2.35.